The van der Waals surface area contributed by atoms with Crippen LogP contribution < -0.4 is 10.6 Å². The van der Waals surface area contributed by atoms with Crippen LogP contribution in [0.15, 0.2) is 30.5 Å². The number of carbonyl (C=O) groups excluding carboxylic acids is 2. The van der Waals surface area contributed by atoms with Crippen molar-refractivity contribution >= 4 is 22.8 Å². The molecule has 0 aliphatic carbocycles. The van der Waals surface area contributed by atoms with E-state index in [-0.39, 0.29) is 42.4 Å². The molecule has 3 N–H and O–H groups in total. The Bertz CT molecular complexity index is 767. The third-order valence-corrected chi connectivity index (χ3v) is 4.65. The fraction of sp³-hybridized carbons (Fsp3) is 0.524. The lowest BCUT2D eigenvalue weighted by Crippen LogP contribution is -2.51. The number of amides is 1. The molecule has 2 atom stereocenters. The number of rotatable bonds is 9. The summed E-state index contributed by atoms with van der Waals surface area (Å²) in [5.74, 6) is -0.391. The van der Waals surface area contributed by atoms with Gasteiger partial charge in [-0.2, -0.15) is 0 Å². The maximum atomic E-state index is 12.7. The minimum atomic E-state index is -0.297. The number of para-hydroxylation sites is 1. The maximum Gasteiger partial charge on any atom is 0.308 e. The van der Waals surface area contributed by atoms with Gasteiger partial charge < -0.3 is 20.4 Å². The van der Waals surface area contributed by atoms with Gasteiger partial charge in [-0.25, -0.2) is 0 Å². The molecule has 0 aliphatic rings. The largest absolute Gasteiger partial charge is 0.463 e. The number of aromatic nitrogens is 1. The predicted octanol–water partition coefficient (Wildman–Crippen LogP) is 2.64. The molecule has 0 saturated carbocycles. The fourth-order valence-electron chi connectivity index (χ4n) is 3.13. The van der Waals surface area contributed by atoms with Crippen LogP contribution in [0, 0.1) is 11.8 Å². The van der Waals surface area contributed by atoms with Crippen molar-refractivity contribution in [3.05, 3.63) is 36.0 Å². The SMILES string of the molecule is CNC(C(=O)NC(COC(=O)C(C)C)Cc1c[nH]c2ccccc12)C(C)C. The minimum absolute atomic E-state index is 0.0852. The quantitative estimate of drug-likeness (QED) is 0.590. The first-order chi connectivity index (χ1) is 12.8. The van der Waals surface area contributed by atoms with Crippen LogP contribution >= 0.6 is 0 Å². The van der Waals surface area contributed by atoms with Crippen LogP contribution in [0.25, 0.3) is 10.9 Å². The van der Waals surface area contributed by atoms with Crippen molar-refractivity contribution in [1.29, 1.82) is 0 Å². The van der Waals surface area contributed by atoms with Gasteiger partial charge in [-0.05, 0) is 31.0 Å². The van der Waals surface area contributed by atoms with Crippen LogP contribution in [0.2, 0.25) is 0 Å². The lowest BCUT2D eigenvalue weighted by atomic mass is 10.0. The summed E-state index contributed by atoms with van der Waals surface area (Å²) in [6.07, 6.45) is 2.53. The van der Waals surface area contributed by atoms with Gasteiger partial charge in [0.05, 0.1) is 18.0 Å². The van der Waals surface area contributed by atoms with E-state index in [4.69, 9.17) is 4.74 Å². The third-order valence-electron chi connectivity index (χ3n) is 4.65. The topological polar surface area (TPSA) is 83.2 Å². The molecule has 0 bridgehead atoms. The summed E-state index contributed by atoms with van der Waals surface area (Å²) in [5, 5.41) is 7.22. The molecule has 6 nitrogen and oxygen atoms in total. The zero-order valence-corrected chi connectivity index (χ0v) is 16.8. The summed E-state index contributed by atoms with van der Waals surface area (Å²) in [6, 6.07) is 7.44. The molecule has 148 valence electrons. The number of fused-ring (bicyclic) bond motifs is 1. The smallest absolute Gasteiger partial charge is 0.308 e. The Morgan fingerprint density at radius 3 is 2.48 bits per heavy atom. The number of ether oxygens (including phenoxy) is 1. The highest BCUT2D eigenvalue weighted by atomic mass is 16.5. The van der Waals surface area contributed by atoms with Crippen molar-refractivity contribution in [3.8, 4) is 0 Å². The minimum Gasteiger partial charge on any atom is -0.463 e. The first-order valence-corrected chi connectivity index (χ1v) is 9.52. The van der Waals surface area contributed by atoms with Gasteiger partial charge in [-0.1, -0.05) is 45.9 Å². The standard InChI is InChI=1S/C21H31N3O3/c1-13(2)19(22-5)20(25)24-16(12-27-21(26)14(3)4)10-15-11-23-18-9-7-6-8-17(15)18/h6-9,11,13-14,16,19,22-23H,10,12H2,1-5H3,(H,24,25). The molecule has 27 heavy (non-hydrogen) atoms. The van der Waals surface area contributed by atoms with Gasteiger partial charge in [0.1, 0.15) is 6.61 Å². The van der Waals surface area contributed by atoms with Gasteiger partial charge in [0.2, 0.25) is 5.91 Å². The summed E-state index contributed by atoms with van der Waals surface area (Å²) < 4.78 is 5.42. The van der Waals surface area contributed by atoms with Crippen molar-refractivity contribution < 1.29 is 14.3 Å². The Balaban J connectivity index is 2.15. The molecule has 2 rings (SSSR count). The molecular formula is C21H31N3O3. The van der Waals surface area contributed by atoms with E-state index in [9.17, 15) is 9.59 Å². The summed E-state index contributed by atoms with van der Waals surface area (Å²) in [6.45, 7) is 7.73. The second kappa shape index (κ2) is 9.55. The molecule has 0 aliphatic heterocycles. The number of nitrogens with one attached hydrogen (secondary N) is 3. The van der Waals surface area contributed by atoms with Crippen LogP contribution in [-0.4, -0.2) is 42.6 Å². The van der Waals surface area contributed by atoms with Gasteiger partial charge in [-0.15, -0.1) is 0 Å². The van der Waals surface area contributed by atoms with E-state index in [1.165, 1.54) is 0 Å². The number of benzene rings is 1. The van der Waals surface area contributed by atoms with Crippen molar-refractivity contribution in [2.24, 2.45) is 11.8 Å². The van der Waals surface area contributed by atoms with Crippen LogP contribution in [0.4, 0.5) is 0 Å². The van der Waals surface area contributed by atoms with Gasteiger partial charge >= 0.3 is 5.97 Å². The number of hydrogen-bond donors (Lipinski definition) is 3. The van der Waals surface area contributed by atoms with Gasteiger partial charge in [0.25, 0.3) is 0 Å². The van der Waals surface area contributed by atoms with E-state index in [1.807, 2.05) is 44.3 Å². The Morgan fingerprint density at radius 1 is 1.15 bits per heavy atom. The van der Waals surface area contributed by atoms with Crippen molar-refractivity contribution in [2.45, 2.75) is 46.2 Å². The number of hydrogen-bond acceptors (Lipinski definition) is 4. The highest BCUT2D eigenvalue weighted by Crippen LogP contribution is 2.19. The zero-order chi connectivity index (χ0) is 20.0. The first-order valence-electron chi connectivity index (χ1n) is 9.52. The second-order valence-corrected chi connectivity index (χ2v) is 7.56. The van der Waals surface area contributed by atoms with Crippen molar-refractivity contribution in [2.75, 3.05) is 13.7 Å². The molecule has 1 aromatic heterocycles. The van der Waals surface area contributed by atoms with Gasteiger partial charge in [-0.3, -0.25) is 9.59 Å². The molecule has 2 unspecified atom stereocenters. The summed E-state index contributed by atoms with van der Waals surface area (Å²) in [5.41, 5.74) is 2.13. The summed E-state index contributed by atoms with van der Waals surface area (Å²) >= 11 is 0. The molecule has 0 radical (unpaired) electrons. The lowest BCUT2D eigenvalue weighted by molar-refractivity contribution is -0.148. The van der Waals surface area contributed by atoms with Crippen molar-refractivity contribution in [1.82, 2.24) is 15.6 Å². The Labute approximate surface area is 161 Å². The highest BCUT2D eigenvalue weighted by molar-refractivity contribution is 5.84. The zero-order valence-electron chi connectivity index (χ0n) is 16.8. The molecule has 0 spiro atoms. The van der Waals surface area contributed by atoms with Gasteiger partial charge in [0, 0.05) is 17.1 Å². The Hall–Kier alpha value is -2.34. The summed E-state index contributed by atoms with van der Waals surface area (Å²) in [4.78, 5) is 27.8. The predicted molar refractivity (Wildman–Crippen MR) is 107 cm³/mol. The van der Waals surface area contributed by atoms with Crippen LogP contribution in [0.1, 0.15) is 33.3 Å². The number of likely N-dealkylation sites (N-methyl/N-ethyl adjacent to an activating group) is 1. The maximum absolute atomic E-state index is 12.7. The number of esters is 1. The number of carbonyl (C=O) groups is 2. The van der Waals surface area contributed by atoms with Gasteiger partial charge in [0.15, 0.2) is 0 Å². The van der Waals surface area contributed by atoms with E-state index in [1.54, 1.807) is 20.9 Å². The Kier molecular flexibility index (Phi) is 7.42. The van der Waals surface area contributed by atoms with E-state index in [2.05, 4.69) is 15.6 Å². The number of H-pyrrole nitrogens is 1. The first kappa shape index (κ1) is 21.0. The Morgan fingerprint density at radius 2 is 1.85 bits per heavy atom. The average molecular weight is 373 g/mol. The van der Waals surface area contributed by atoms with Crippen molar-refractivity contribution in [3.63, 3.8) is 0 Å². The third kappa shape index (κ3) is 5.57. The molecule has 6 heteroatoms. The molecular weight excluding hydrogens is 342 g/mol. The van der Waals surface area contributed by atoms with E-state index < -0.39 is 0 Å². The highest BCUT2D eigenvalue weighted by Gasteiger charge is 2.24. The van der Waals surface area contributed by atoms with E-state index >= 15 is 0 Å². The average Bonchev–Trinajstić information content (AvgIpc) is 3.02. The fourth-order valence-corrected chi connectivity index (χ4v) is 3.13. The number of aromatic amines is 1. The van der Waals surface area contributed by atoms with E-state index in [0.717, 1.165) is 16.5 Å². The molecule has 2 aromatic rings. The molecule has 0 fully saturated rings. The van der Waals surface area contributed by atoms with Crippen LogP contribution in [0.5, 0.6) is 0 Å². The lowest BCUT2D eigenvalue weighted by Gasteiger charge is -2.24. The molecule has 1 amide bonds. The van der Waals surface area contributed by atoms with E-state index in [0.29, 0.717) is 6.42 Å². The normalized spacial score (nSPS) is 13.7. The second-order valence-electron chi connectivity index (χ2n) is 7.56. The molecule has 1 heterocycles. The molecule has 0 saturated heterocycles. The summed E-state index contributed by atoms with van der Waals surface area (Å²) in [7, 11) is 1.78. The monoisotopic (exact) mass is 373 g/mol. The van der Waals surface area contributed by atoms with Crippen LogP contribution in [0.3, 0.4) is 0 Å². The molecule has 1 aromatic carbocycles. The van der Waals surface area contributed by atoms with Crippen LogP contribution in [-0.2, 0) is 20.7 Å².